The molecule has 1 atom stereocenters. The molecule has 78 valence electrons. The molecule has 0 radical (unpaired) electrons. The largest absolute Gasteiger partial charge is 0.322 e. The van der Waals surface area contributed by atoms with Crippen molar-refractivity contribution in [3.63, 3.8) is 0 Å². The smallest absolute Gasteiger partial charge is 0.0757 e. The monoisotopic (exact) mass is 194 g/mol. The molecule has 1 heterocycles. The van der Waals surface area contributed by atoms with Crippen LogP contribution in [0.5, 0.6) is 0 Å². The lowest BCUT2D eigenvalue weighted by molar-refractivity contribution is 0.415. The summed E-state index contributed by atoms with van der Waals surface area (Å²) < 4.78 is 1.91. The van der Waals surface area contributed by atoms with E-state index in [1.807, 2.05) is 10.9 Å². The van der Waals surface area contributed by atoms with E-state index in [-0.39, 0.29) is 6.04 Å². The maximum atomic E-state index is 6.22. The van der Waals surface area contributed by atoms with Crippen LogP contribution >= 0.6 is 0 Å². The Morgan fingerprint density at radius 3 is 2.93 bits per heavy atom. The first-order valence-corrected chi connectivity index (χ1v) is 5.47. The van der Waals surface area contributed by atoms with Crippen LogP contribution in [-0.4, -0.2) is 15.0 Å². The molecule has 0 aromatic carbocycles. The highest BCUT2D eigenvalue weighted by Gasteiger charge is 2.25. The zero-order chi connectivity index (χ0) is 9.97. The molecule has 1 saturated carbocycles. The van der Waals surface area contributed by atoms with Crippen LogP contribution in [0.1, 0.15) is 44.3 Å². The molecule has 1 fully saturated rings. The fourth-order valence-electron chi connectivity index (χ4n) is 2.33. The van der Waals surface area contributed by atoms with Gasteiger partial charge in [0.25, 0.3) is 0 Å². The van der Waals surface area contributed by atoms with E-state index in [1.165, 1.54) is 25.7 Å². The van der Waals surface area contributed by atoms with Gasteiger partial charge in [-0.1, -0.05) is 18.1 Å². The molecule has 0 amide bonds. The van der Waals surface area contributed by atoms with Crippen LogP contribution in [0.15, 0.2) is 6.20 Å². The Labute approximate surface area is 84.5 Å². The second kappa shape index (κ2) is 4.09. The van der Waals surface area contributed by atoms with Gasteiger partial charge in [-0.2, -0.15) is 0 Å². The van der Waals surface area contributed by atoms with Gasteiger partial charge in [-0.3, -0.25) is 0 Å². The fraction of sp³-hybridized carbons (Fsp3) is 0.800. The van der Waals surface area contributed by atoms with Crippen LogP contribution in [0.3, 0.4) is 0 Å². The molecule has 0 bridgehead atoms. The average Bonchev–Trinajstić information content (AvgIpc) is 2.87. The summed E-state index contributed by atoms with van der Waals surface area (Å²) in [6, 6.07) is 0.132. The predicted octanol–water partition coefficient (Wildman–Crippen LogP) is 1.49. The lowest BCUT2D eigenvalue weighted by Gasteiger charge is -2.18. The number of rotatable bonds is 3. The van der Waals surface area contributed by atoms with Crippen LogP contribution in [0.25, 0.3) is 0 Å². The number of nitrogens with two attached hydrogens (primary N) is 1. The van der Waals surface area contributed by atoms with Crippen molar-refractivity contribution in [1.82, 2.24) is 15.0 Å². The van der Waals surface area contributed by atoms with E-state index in [4.69, 9.17) is 5.73 Å². The molecule has 1 aliphatic carbocycles. The molecule has 2 N–H and O–H groups in total. The summed E-state index contributed by atoms with van der Waals surface area (Å²) in [5, 5.41) is 7.93. The minimum Gasteiger partial charge on any atom is -0.322 e. The van der Waals surface area contributed by atoms with Crippen molar-refractivity contribution in [3.8, 4) is 0 Å². The molecule has 4 heteroatoms. The minimum absolute atomic E-state index is 0.132. The molecular weight excluding hydrogens is 176 g/mol. The summed E-state index contributed by atoms with van der Waals surface area (Å²) in [7, 11) is 0. The fourth-order valence-corrected chi connectivity index (χ4v) is 2.33. The van der Waals surface area contributed by atoms with Crippen LogP contribution < -0.4 is 5.73 Å². The van der Waals surface area contributed by atoms with Crippen molar-refractivity contribution in [2.45, 2.75) is 45.2 Å². The van der Waals surface area contributed by atoms with Crippen LogP contribution in [0.4, 0.5) is 0 Å². The molecule has 14 heavy (non-hydrogen) atoms. The third-order valence-electron chi connectivity index (χ3n) is 3.20. The highest BCUT2D eigenvalue weighted by Crippen LogP contribution is 2.33. The molecule has 1 aliphatic rings. The molecule has 0 saturated heterocycles. The summed E-state index contributed by atoms with van der Waals surface area (Å²) in [5.74, 6) is 0.638. The van der Waals surface area contributed by atoms with Crippen LogP contribution in [0.2, 0.25) is 0 Å². The van der Waals surface area contributed by atoms with Crippen molar-refractivity contribution >= 4 is 0 Å². The normalized spacial score (nSPS) is 20.1. The van der Waals surface area contributed by atoms with Gasteiger partial charge in [0.2, 0.25) is 0 Å². The molecule has 0 spiro atoms. The standard InChI is InChI=1S/C10H18N4/c1-2-14-9(7-12-13-14)10(11)8-5-3-4-6-8/h7-8,10H,2-6,11H2,1H3. The number of aryl methyl sites for hydroxylation is 1. The highest BCUT2D eigenvalue weighted by molar-refractivity contribution is 5.03. The van der Waals surface area contributed by atoms with E-state index in [1.54, 1.807) is 0 Å². The number of hydrogen-bond donors (Lipinski definition) is 1. The number of hydrogen-bond acceptors (Lipinski definition) is 3. The Kier molecular flexibility index (Phi) is 2.82. The van der Waals surface area contributed by atoms with Crippen molar-refractivity contribution < 1.29 is 0 Å². The molecular formula is C10H18N4. The molecule has 2 rings (SSSR count). The third kappa shape index (κ3) is 1.66. The molecule has 4 nitrogen and oxygen atoms in total. The Morgan fingerprint density at radius 1 is 1.57 bits per heavy atom. The van der Waals surface area contributed by atoms with E-state index in [0.29, 0.717) is 5.92 Å². The Morgan fingerprint density at radius 2 is 2.29 bits per heavy atom. The van der Waals surface area contributed by atoms with Gasteiger partial charge in [0.15, 0.2) is 0 Å². The summed E-state index contributed by atoms with van der Waals surface area (Å²) in [6.45, 7) is 2.93. The zero-order valence-corrected chi connectivity index (χ0v) is 8.69. The second-order valence-electron chi connectivity index (χ2n) is 4.04. The quantitative estimate of drug-likeness (QED) is 0.793. The third-order valence-corrected chi connectivity index (χ3v) is 3.20. The summed E-state index contributed by atoms with van der Waals surface area (Å²) in [4.78, 5) is 0. The van der Waals surface area contributed by atoms with E-state index >= 15 is 0 Å². The maximum Gasteiger partial charge on any atom is 0.0757 e. The van der Waals surface area contributed by atoms with Crippen molar-refractivity contribution in [3.05, 3.63) is 11.9 Å². The van der Waals surface area contributed by atoms with E-state index in [0.717, 1.165) is 12.2 Å². The van der Waals surface area contributed by atoms with Gasteiger partial charge in [-0.15, -0.1) is 5.10 Å². The predicted molar refractivity (Wildman–Crippen MR) is 54.6 cm³/mol. The number of nitrogens with zero attached hydrogens (tertiary/aromatic N) is 3. The highest BCUT2D eigenvalue weighted by atomic mass is 15.4. The molecule has 1 unspecified atom stereocenters. The summed E-state index contributed by atoms with van der Waals surface area (Å²) >= 11 is 0. The summed E-state index contributed by atoms with van der Waals surface area (Å²) in [5.41, 5.74) is 7.32. The minimum atomic E-state index is 0.132. The Hall–Kier alpha value is -0.900. The summed E-state index contributed by atoms with van der Waals surface area (Å²) in [6.07, 6.45) is 6.98. The van der Waals surface area contributed by atoms with Gasteiger partial charge < -0.3 is 5.73 Å². The number of aromatic nitrogens is 3. The zero-order valence-electron chi connectivity index (χ0n) is 8.69. The van der Waals surface area contributed by atoms with Gasteiger partial charge in [-0.25, -0.2) is 4.68 Å². The SMILES string of the molecule is CCn1nncc1C(N)C1CCCC1. The molecule has 1 aromatic heterocycles. The average molecular weight is 194 g/mol. The van der Waals surface area contributed by atoms with Crippen LogP contribution in [-0.2, 0) is 6.54 Å². The lowest BCUT2D eigenvalue weighted by atomic mass is 9.96. The topological polar surface area (TPSA) is 56.7 Å². The van der Waals surface area contributed by atoms with E-state index in [9.17, 15) is 0 Å². The van der Waals surface area contributed by atoms with Gasteiger partial charge in [0.1, 0.15) is 0 Å². The first-order chi connectivity index (χ1) is 6.83. The van der Waals surface area contributed by atoms with Crippen molar-refractivity contribution in [1.29, 1.82) is 0 Å². The molecule has 1 aromatic rings. The van der Waals surface area contributed by atoms with Gasteiger partial charge >= 0.3 is 0 Å². The van der Waals surface area contributed by atoms with Crippen LogP contribution in [0, 0.1) is 5.92 Å². The first kappa shape index (κ1) is 9.65. The van der Waals surface area contributed by atoms with E-state index < -0.39 is 0 Å². The second-order valence-corrected chi connectivity index (χ2v) is 4.04. The Balaban J connectivity index is 2.12. The van der Waals surface area contributed by atoms with Crippen molar-refractivity contribution in [2.75, 3.05) is 0 Å². The van der Waals surface area contributed by atoms with Gasteiger partial charge in [0.05, 0.1) is 17.9 Å². The Bertz CT molecular complexity index is 288. The van der Waals surface area contributed by atoms with Gasteiger partial charge in [-0.05, 0) is 25.7 Å². The maximum absolute atomic E-state index is 6.22. The lowest BCUT2D eigenvalue weighted by Crippen LogP contribution is -2.22. The van der Waals surface area contributed by atoms with E-state index in [2.05, 4.69) is 17.2 Å². The first-order valence-electron chi connectivity index (χ1n) is 5.47. The van der Waals surface area contributed by atoms with Crippen molar-refractivity contribution in [2.24, 2.45) is 11.7 Å². The molecule has 0 aliphatic heterocycles. The van der Waals surface area contributed by atoms with Gasteiger partial charge in [0, 0.05) is 6.54 Å².